The number of amides is 1. The topological polar surface area (TPSA) is 66.6 Å². The number of carboxylic acid groups (broad SMARTS) is 1. The molecule has 1 amide bonds. The molecule has 3 N–H and O–H groups in total. The summed E-state index contributed by atoms with van der Waals surface area (Å²) in [5.74, 6) is 0.413. The molecule has 2 rings (SSSR count). The number of carbonyl (C=O) groups is 1. The van der Waals surface area contributed by atoms with Gasteiger partial charge in [-0.25, -0.2) is 4.79 Å². The molecule has 4 nitrogen and oxygen atoms in total. The van der Waals surface area contributed by atoms with Crippen LogP contribution in [0.5, 0.6) is 0 Å². The molecule has 20 heavy (non-hydrogen) atoms. The van der Waals surface area contributed by atoms with E-state index in [4.69, 9.17) is 5.73 Å². The monoisotopic (exact) mass is 276 g/mol. The van der Waals surface area contributed by atoms with Crippen LogP contribution in [0.1, 0.15) is 44.7 Å². The lowest BCUT2D eigenvalue weighted by molar-refractivity contribution is 0.117. The van der Waals surface area contributed by atoms with Gasteiger partial charge in [0, 0.05) is 18.1 Å². The van der Waals surface area contributed by atoms with Crippen LogP contribution in [0.25, 0.3) is 0 Å². The van der Waals surface area contributed by atoms with Gasteiger partial charge in [-0.2, -0.15) is 0 Å². The minimum atomic E-state index is -0.815. The van der Waals surface area contributed by atoms with E-state index in [2.05, 4.69) is 0 Å². The fourth-order valence-electron chi connectivity index (χ4n) is 3.20. The number of hydrogen-bond donors (Lipinski definition) is 2. The smallest absolute Gasteiger partial charge is 0.407 e. The molecule has 0 bridgehead atoms. The zero-order valence-corrected chi connectivity index (χ0v) is 12.2. The maximum Gasteiger partial charge on any atom is 0.407 e. The lowest BCUT2D eigenvalue weighted by Gasteiger charge is -2.28. The number of hydrogen-bond acceptors (Lipinski definition) is 2. The summed E-state index contributed by atoms with van der Waals surface area (Å²) in [7, 11) is 0. The van der Waals surface area contributed by atoms with Crippen LogP contribution in [0.2, 0.25) is 0 Å². The minimum Gasteiger partial charge on any atom is -0.465 e. The van der Waals surface area contributed by atoms with Crippen molar-refractivity contribution in [1.82, 2.24) is 4.90 Å². The van der Waals surface area contributed by atoms with Gasteiger partial charge in [0.2, 0.25) is 0 Å². The summed E-state index contributed by atoms with van der Waals surface area (Å²) in [6, 6.07) is 10.1. The zero-order valence-electron chi connectivity index (χ0n) is 12.2. The van der Waals surface area contributed by atoms with E-state index in [1.165, 1.54) is 0 Å². The first kappa shape index (κ1) is 14.9. The number of rotatable bonds is 4. The summed E-state index contributed by atoms with van der Waals surface area (Å²) < 4.78 is 0. The molecule has 1 heterocycles. The maximum absolute atomic E-state index is 11.2. The van der Waals surface area contributed by atoms with E-state index in [1.54, 1.807) is 4.90 Å². The van der Waals surface area contributed by atoms with Crippen LogP contribution >= 0.6 is 0 Å². The van der Waals surface area contributed by atoms with Gasteiger partial charge in [0.25, 0.3) is 0 Å². The van der Waals surface area contributed by atoms with Gasteiger partial charge < -0.3 is 15.7 Å². The lowest BCUT2D eigenvalue weighted by atomic mass is 9.91. The quantitative estimate of drug-likeness (QED) is 0.887. The summed E-state index contributed by atoms with van der Waals surface area (Å²) >= 11 is 0. The van der Waals surface area contributed by atoms with E-state index in [1.807, 2.05) is 44.2 Å². The van der Waals surface area contributed by atoms with Crippen molar-refractivity contribution in [2.75, 3.05) is 6.54 Å². The average molecular weight is 276 g/mol. The Kier molecular flexibility index (Phi) is 4.33. The Hall–Kier alpha value is -1.55. The third-order valence-corrected chi connectivity index (χ3v) is 4.30. The van der Waals surface area contributed by atoms with E-state index in [-0.39, 0.29) is 11.6 Å². The van der Waals surface area contributed by atoms with Crippen LogP contribution in [0, 0.1) is 5.92 Å². The molecule has 1 aliphatic heterocycles. The Morgan fingerprint density at radius 2 is 2.10 bits per heavy atom. The molecule has 1 aromatic rings. The van der Waals surface area contributed by atoms with Crippen LogP contribution in [0.15, 0.2) is 30.3 Å². The van der Waals surface area contributed by atoms with Crippen molar-refractivity contribution in [2.45, 2.75) is 44.7 Å². The molecule has 2 unspecified atom stereocenters. The van der Waals surface area contributed by atoms with Crippen molar-refractivity contribution in [1.29, 1.82) is 0 Å². The normalized spacial score (nSPS) is 22.8. The Morgan fingerprint density at radius 3 is 2.65 bits per heavy atom. The van der Waals surface area contributed by atoms with E-state index in [0.717, 1.165) is 24.8 Å². The van der Waals surface area contributed by atoms with Crippen molar-refractivity contribution in [3.8, 4) is 0 Å². The van der Waals surface area contributed by atoms with Crippen molar-refractivity contribution in [3.63, 3.8) is 0 Å². The minimum absolute atomic E-state index is 0.0400. The highest BCUT2D eigenvalue weighted by Gasteiger charge is 2.40. The fraction of sp³-hybridized carbons (Fsp3) is 0.562. The fourth-order valence-corrected chi connectivity index (χ4v) is 3.20. The van der Waals surface area contributed by atoms with Gasteiger partial charge in [0.15, 0.2) is 0 Å². The van der Waals surface area contributed by atoms with E-state index in [0.29, 0.717) is 12.5 Å². The molecule has 0 saturated carbocycles. The zero-order chi connectivity index (χ0) is 14.8. The average Bonchev–Trinajstić information content (AvgIpc) is 2.72. The van der Waals surface area contributed by atoms with E-state index >= 15 is 0 Å². The second-order valence-corrected chi connectivity index (χ2v) is 6.37. The second kappa shape index (κ2) is 5.83. The van der Waals surface area contributed by atoms with Gasteiger partial charge in [0.05, 0.1) is 0 Å². The molecule has 4 heteroatoms. The predicted octanol–water partition coefficient (Wildman–Crippen LogP) is 3.25. The first-order chi connectivity index (χ1) is 9.40. The molecule has 0 spiro atoms. The molecule has 1 aromatic carbocycles. The first-order valence-electron chi connectivity index (χ1n) is 7.21. The Labute approximate surface area is 120 Å². The summed E-state index contributed by atoms with van der Waals surface area (Å²) in [6.07, 6.45) is 1.98. The molecule has 0 aromatic heterocycles. The van der Waals surface area contributed by atoms with Crippen LogP contribution in [-0.2, 0) is 0 Å². The van der Waals surface area contributed by atoms with Crippen molar-refractivity contribution >= 4 is 6.09 Å². The van der Waals surface area contributed by atoms with Gasteiger partial charge in [0.1, 0.15) is 0 Å². The number of benzene rings is 1. The molecule has 0 aliphatic carbocycles. The van der Waals surface area contributed by atoms with Crippen molar-refractivity contribution in [2.24, 2.45) is 11.7 Å². The number of likely N-dealkylation sites (tertiary alicyclic amines) is 1. The van der Waals surface area contributed by atoms with Gasteiger partial charge >= 0.3 is 6.09 Å². The second-order valence-electron chi connectivity index (χ2n) is 6.37. The number of nitrogens with two attached hydrogens (primary N) is 1. The standard InChI is InChI=1S/C16H24N2O2/c1-16(2)10-12(11-18(16)15(19)20)8-9-14(17)13-6-4-3-5-7-13/h3-7,12,14H,8-11,17H2,1-2H3,(H,19,20). The van der Waals surface area contributed by atoms with E-state index < -0.39 is 6.09 Å². The maximum atomic E-state index is 11.2. The van der Waals surface area contributed by atoms with Crippen LogP contribution in [-0.4, -0.2) is 28.2 Å². The molecular weight excluding hydrogens is 252 g/mol. The SMILES string of the molecule is CC1(C)CC(CCC(N)c2ccccc2)CN1C(=O)O. The summed E-state index contributed by atoms with van der Waals surface area (Å²) in [6.45, 7) is 4.63. The molecule has 1 aliphatic rings. The third-order valence-electron chi connectivity index (χ3n) is 4.30. The summed E-state index contributed by atoms with van der Waals surface area (Å²) in [4.78, 5) is 12.8. The largest absolute Gasteiger partial charge is 0.465 e. The highest BCUT2D eigenvalue weighted by Crippen LogP contribution is 2.35. The molecular formula is C16H24N2O2. The molecule has 110 valence electrons. The highest BCUT2D eigenvalue weighted by atomic mass is 16.4. The van der Waals surface area contributed by atoms with Crippen LogP contribution < -0.4 is 5.73 Å². The number of nitrogens with zero attached hydrogens (tertiary/aromatic N) is 1. The predicted molar refractivity (Wildman–Crippen MR) is 79.5 cm³/mol. The third kappa shape index (κ3) is 3.31. The van der Waals surface area contributed by atoms with Gasteiger partial charge in [-0.1, -0.05) is 30.3 Å². The van der Waals surface area contributed by atoms with Crippen LogP contribution in [0.3, 0.4) is 0 Å². The van der Waals surface area contributed by atoms with Gasteiger partial charge in [-0.15, -0.1) is 0 Å². The summed E-state index contributed by atoms with van der Waals surface area (Å²) in [5, 5.41) is 9.22. The lowest BCUT2D eigenvalue weighted by Crippen LogP contribution is -2.41. The van der Waals surface area contributed by atoms with Crippen molar-refractivity contribution < 1.29 is 9.90 Å². The van der Waals surface area contributed by atoms with Crippen LogP contribution in [0.4, 0.5) is 4.79 Å². The van der Waals surface area contributed by atoms with Gasteiger partial charge in [-0.3, -0.25) is 0 Å². The van der Waals surface area contributed by atoms with Crippen molar-refractivity contribution in [3.05, 3.63) is 35.9 Å². The first-order valence-corrected chi connectivity index (χ1v) is 7.21. The Balaban J connectivity index is 1.88. The van der Waals surface area contributed by atoms with Gasteiger partial charge in [-0.05, 0) is 44.6 Å². The molecule has 2 atom stereocenters. The molecule has 0 radical (unpaired) electrons. The Morgan fingerprint density at radius 1 is 1.45 bits per heavy atom. The van der Waals surface area contributed by atoms with E-state index in [9.17, 15) is 9.90 Å². The Bertz CT molecular complexity index is 459. The highest BCUT2D eigenvalue weighted by molar-refractivity contribution is 5.66. The molecule has 1 fully saturated rings. The summed E-state index contributed by atoms with van der Waals surface area (Å²) in [5.41, 5.74) is 7.10. The molecule has 1 saturated heterocycles.